The van der Waals surface area contributed by atoms with E-state index in [4.69, 9.17) is 0 Å². The third-order valence-corrected chi connectivity index (χ3v) is 2.92. The van der Waals surface area contributed by atoms with Gasteiger partial charge in [-0.2, -0.15) is 0 Å². The van der Waals surface area contributed by atoms with Crippen LogP contribution in [0.15, 0.2) is 0 Å². The van der Waals surface area contributed by atoms with Gasteiger partial charge in [-0.05, 0) is 45.4 Å². The van der Waals surface area contributed by atoms with Crippen molar-refractivity contribution < 1.29 is 0 Å². The van der Waals surface area contributed by atoms with Crippen LogP contribution in [0.5, 0.6) is 0 Å². The summed E-state index contributed by atoms with van der Waals surface area (Å²) in [7, 11) is 0. The molecule has 2 nitrogen and oxygen atoms in total. The van der Waals surface area contributed by atoms with Gasteiger partial charge in [0.15, 0.2) is 0 Å². The molecule has 1 rings (SSSR count). The van der Waals surface area contributed by atoms with E-state index in [2.05, 4.69) is 23.6 Å². The van der Waals surface area contributed by atoms with Crippen LogP contribution < -0.4 is 0 Å². The third kappa shape index (κ3) is 4.10. The van der Waals surface area contributed by atoms with Crippen molar-refractivity contribution in [3.05, 3.63) is 0 Å². The zero-order chi connectivity index (χ0) is 9.52. The second kappa shape index (κ2) is 6.39. The van der Waals surface area contributed by atoms with E-state index in [1.165, 1.54) is 58.5 Å². The Morgan fingerprint density at radius 3 is 2.08 bits per heavy atom. The van der Waals surface area contributed by atoms with E-state index in [-0.39, 0.29) is 0 Å². The van der Waals surface area contributed by atoms with Gasteiger partial charge in [0.2, 0.25) is 0 Å². The number of hydrogen-bond donors (Lipinski definition) is 0. The van der Waals surface area contributed by atoms with Gasteiger partial charge in [-0.1, -0.05) is 13.8 Å². The minimum atomic E-state index is 1.22. The van der Waals surface area contributed by atoms with Gasteiger partial charge in [0.1, 0.15) is 0 Å². The molecular formula is C11H24N2. The van der Waals surface area contributed by atoms with Crippen LogP contribution in [0, 0.1) is 0 Å². The van der Waals surface area contributed by atoms with Gasteiger partial charge in [0.05, 0.1) is 0 Å². The lowest BCUT2D eigenvalue weighted by Gasteiger charge is -2.29. The number of nitrogens with zero attached hydrogens (tertiary/aromatic N) is 2. The lowest BCUT2D eigenvalue weighted by molar-refractivity contribution is 0.179. The molecule has 1 heterocycles. The zero-order valence-corrected chi connectivity index (χ0v) is 9.26. The third-order valence-electron chi connectivity index (χ3n) is 2.92. The highest BCUT2D eigenvalue weighted by Gasteiger charge is 2.10. The van der Waals surface area contributed by atoms with Gasteiger partial charge in [-0.15, -0.1) is 0 Å². The predicted octanol–water partition coefficient (Wildman–Crippen LogP) is 1.81. The van der Waals surface area contributed by atoms with Gasteiger partial charge in [0.25, 0.3) is 0 Å². The molecule has 0 amide bonds. The molecule has 0 atom stereocenters. The van der Waals surface area contributed by atoms with Crippen molar-refractivity contribution in [2.24, 2.45) is 0 Å². The molecular weight excluding hydrogens is 160 g/mol. The normalized spacial score (nSPS) is 22.6. The molecule has 0 spiro atoms. The first kappa shape index (κ1) is 11.0. The van der Waals surface area contributed by atoms with E-state index in [1.807, 2.05) is 0 Å². The van der Waals surface area contributed by atoms with Gasteiger partial charge in [-0.25, -0.2) is 0 Å². The molecule has 0 aromatic carbocycles. The molecule has 0 aromatic rings. The molecule has 0 bridgehead atoms. The minimum absolute atomic E-state index is 1.22. The highest BCUT2D eigenvalue weighted by atomic mass is 15.2. The van der Waals surface area contributed by atoms with Crippen molar-refractivity contribution in [1.29, 1.82) is 0 Å². The molecule has 1 aliphatic heterocycles. The molecule has 0 N–H and O–H groups in total. The minimum Gasteiger partial charge on any atom is -0.302 e. The Bertz CT molecular complexity index is 125. The fraction of sp³-hybridized carbons (Fsp3) is 1.00. The molecule has 0 radical (unpaired) electrons. The maximum Gasteiger partial charge on any atom is 0.0109 e. The molecule has 1 saturated heterocycles. The largest absolute Gasteiger partial charge is 0.302 e. The van der Waals surface area contributed by atoms with Crippen LogP contribution in [0.1, 0.15) is 33.1 Å². The van der Waals surface area contributed by atoms with Crippen molar-refractivity contribution in [3.8, 4) is 0 Å². The van der Waals surface area contributed by atoms with Crippen LogP contribution >= 0.6 is 0 Å². The summed E-state index contributed by atoms with van der Waals surface area (Å²) in [5.41, 5.74) is 0. The average Bonchev–Trinajstić information content (AvgIpc) is 2.11. The lowest BCUT2D eigenvalue weighted by atomic mass is 10.2. The van der Waals surface area contributed by atoms with Crippen molar-refractivity contribution in [1.82, 2.24) is 9.80 Å². The first-order valence-electron chi connectivity index (χ1n) is 5.81. The Morgan fingerprint density at radius 1 is 0.846 bits per heavy atom. The van der Waals surface area contributed by atoms with E-state index in [0.29, 0.717) is 0 Å². The maximum atomic E-state index is 2.61. The first-order chi connectivity index (χ1) is 6.36. The van der Waals surface area contributed by atoms with Crippen LogP contribution in [0.3, 0.4) is 0 Å². The fourth-order valence-electron chi connectivity index (χ4n) is 2.03. The fourth-order valence-corrected chi connectivity index (χ4v) is 2.03. The number of hydrogen-bond acceptors (Lipinski definition) is 2. The number of rotatable bonds is 3. The second-order valence-corrected chi connectivity index (χ2v) is 3.98. The van der Waals surface area contributed by atoms with Crippen LogP contribution in [0.25, 0.3) is 0 Å². The molecule has 78 valence electrons. The summed E-state index contributed by atoms with van der Waals surface area (Å²) in [6, 6.07) is 0. The van der Waals surface area contributed by atoms with E-state index in [1.54, 1.807) is 0 Å². The highest BCUT2D eigenvalue weighted by molar-refractivity contribution is 4.66. The Labute approximate surface area is 82.9 Å². The predicted molar refractivity (Wildman–Crippen MR) is 58.1 cm³/mol. The van der Waals surface area contributed by atoms with Crippen molar-refractivity contribution in [2.75, 3.05) is 39.3 Å². The van der Waals surface area contributed by atoms with E-state index in [0.717, 1.165) is 0 Å². The van der Waals surface area contributed by atoms with Crippen molar-refractivity contribution in [3.63, 3.8) is 0 Å². The molecule has 0 unspecified atom stereocenters. The summed E-state index contributed by atoms with van der Waals surface area (Å²) in [4.78, 5) is 5.18. The van der Waals surface area contributed by atoms with Crippen molar-refractivity contribution >= 4 is 0 Å². The van der Waals surface area contributed by atoms with Crippen LogP contribution in [0.4, 0.5) is 0 Å². The Kier molecular flexibility index (Phi) is 5.40. The molecule has 0 aliphatic carbocycles. The Balaban J connectivity index is 2.27. The summed E-state index contributed by atoms with van der Waals surface area (Å²) in [6.07, 6.45) is 4.07. The molecule has 0 saturated carbocycles. The summed E-state index contributed by atoms with van der Waals surface area (Å²) < 4.78 is 0. The van der Waals surface area contributed by atoms with E-state index >= 15 is 0 Å². The van der Waals surface area contributed by atoms with Gasteiger partial charge >= 0.3 is 0 Å². The van der Waals surface area contributed by atoms with Gasteiger partial charge in [-0.3, -0.25) is 0 Å². The van der Waals surface area contributed by atoms with E-state index in [9.17, 15) is 0 Å². The van der Waals surface area contributed by atoms with Crippen molar-refractivity contribution in [2.45, 2.75) is 33.1 Å². The summed E-state index contributed by atoms with van der Waals surface area (Å²) in [6.45, 7) is 12.2. The summed E-state index contributed by atoms with van der Waals surface area (Å²) in [5.74, 6) is 0. The summed E-state index contributed by atoms with van der Waals surface area (Å²) in [5, 5.41) is 0. The first-order valence-corrected chi connectivity index (χ1v) is 5.81. The zero-order valence-electron chi connectivity index (χ0n) is 9.26. The number of likely N-dealkylation sites (N-methyl/N-ethyl adjacent to an activating group) is 1. The topological polar surface area (TPSA) is 6.48 Å². The maximum absolute atomic E-state index is 2.61. The monoisotopic (exact) mass is 184 g/mol. The molecule has 13 heavy (non-hydrogen) atoms. The van der Waals surface area contributed by atoms with Crippen LogP contribution in [0.2, 0.25) is 0 Å². The Morgan fingerprint density at radius 2 is 1.46 bits per heavy atom. The highest BCUT2D eigenvalue weighted by Crippen LogP contribution is 2.04. The average molecular weight is 184 g/mol. The van der Waals surface area contributed by atoms with Gasteiger partial charge < -0.3 is 9.80 Å². The second-order valence-electron chi connectivity index (χ2n) is 3.98. The molecule has 1 aliphatic rings. The Hall–Kier alpha value is -0.0800. The quantitative estimate of drug-likeness (QED) is 0.660. The lowest BCUT2D eigenvalue weighted by Crippen LogP contribution is -2.39. The molecule has 1 fully saturated rings. The SMILES string of the molecule is CCCN1CCCCN(CC)CC1. The standard InChI is InChI=1S/C11H24N2/c1-3-7-13-9-6-5-8-12(4-2)10-11-13/h3-11H2,1-2H3. The molecule has 0 aromatic heterocycles. The van der Waals surface area contributed by atoms with Crippen LogP contribution in [-0.4, -0.2) is 49.1 Å². The smallest absolute Gasteiger partial charge is 0.0109 e. The van der Waals surface area contributed by atoms with E-state index < -0.39 is 0 Å². The van der Waals surface area contributed by atoms with Crippen LogP contribution in [-0.2, 0) is 0 Å². The molecule has 2 heteroatoms. The summed E-state index contributed by atoms with van der Waals surface area (Å²) >= 11 is 0. The van der Waals surface area contributed by atoms with Gasteiger partial charge in [0, 0.05) is 13.1 Å².